The van der Waals surface area contributed by atoms with Gasteiger partial charge in [-0.1, -0.05) is 39.0 Å². The van der Waals surface area contributed by atoms with Gasteiger partial charge in [0.2, 0.25) is 5.91 Å². The summed E-state index contributed by atoms with van der Waals surface area (Å²) in [5, 5.41) is 11.4. The molecule has 0 rings (SSSR count). The van der Waals surface area contributed by atoms with Crippen LogP contribution in [-0.2, 0) is 9.59 Å². The Morgan fingerprint density at radius 3 is 2.29 bits per heavy atom. The van der Waals surface area contributed by atoms with Crippen molar-refractivity contribution in [1.82, 2.24) is 5.32 Å². The van der Waals surface area contributed by atoms with Gasteiger partial charge in [-0.3, -0.25) is 9.59 Å². The molecule has 0 saturated carbocycles. The van der Waals surface area contributed by atoms with E-state index in [4.69, 9.17) is 5.11 Å². The molecule has 17 heavy (non-hydrogen) atoms. The number of unbranched alkanes of at least 4 members (excludes halogenated alkanes) is 4. The van der Waals surface area contributed by atoms with Gasteiger partial charge in [0.1, 0.15) is 0 Å². The summed E-state index contributed by atoms with van der Waals surface area (Å²) < 4.78 is 0. The summed E-state index contributed by atoms with van der Waals surface area (Å²) in [6, 6.07) is 0. The van der Waals surface area contributed by atoms with Gasteiger partial charge < -0.3 is 10.4 Å². The molecule has 1 unspecified atom stereocenters. The molecule has 0 fully saturated rings. The Morgan fingerprint density at radius 1 is 1.12 bits per heavy atom. The van der Waals surface area contributed by atoms with Crippen LogP contribution in [0.3, 0.4) is 0 Å². The predicted octanol–water partition coefficient (Wildman–Crippen LogP) is 2.57. The first-order chi connectivity index (χ1) is 8.02. The van der Waals surface area contributed by atoms with Crippen LogP contribution in [0.1, 0.15) is 58.8 Å². The van der Waals surface area contributed by atoms with Crippen LogP contribution in [0.2, 0.25) is 0 Å². The van der Waals surface area contributed by atoms with Crippen molar-refractivity contribution in [3.63, 3.8) is 0 Å². The van der Waals surface area contributed by atoms with E-state index in [1.807, 2.05) is 6.92 Å². The molecule has 2 N–H and O–H groups in total. The molecule has 0 bridgehead atoms. The van der Waals surface area contributed by atoms with E-state index in [1.54, 1.807) is 0 Å². The van der Waals surface area contributed by atoms with Gasteiger partial charge in [0.05, 0.1) is 0 Å². The molecule has 0 saturated heterocycles. The molecule has 4 heteroatoms. The number of hydrogen-bond acceptors (Lipinski definition) is 2. The van der Waals surface area contributed by atoms with Crippen molar-refractivity contribution in [3.05, 3.63) is 0 Å². The van der Waals surface area contributed by atoms with E-state index in [0.29, 0.717) is 0 Å². The smallest absolute Gasteiger partial charge is 0.303 e. The van der Waals surface area contributed by atoms with E-state index in [1.165, 1.54) is 13.3 Å². The molecule has 4 nitrogen and oxygen atoms in total. The van der Waals surface area contributed by atoms with E-state index < -0.39 is 5.97 Å². The molecule has 0 aliphatic rings. The normalized spacial score (nSPS) is 12.1. The lowest BCUT2D eigenvalue weighted by Gasteiger charge is -2.07. The fourth-order valence-electron chi connectivity index (χ4n) is 1.81. The average molecular weight is 243 g/mol. The number of amides is 1. The highest BCUT2D eigenvalue weighted by Crippen LogP contribution is 2.13. The molecule has 0 aromatic rings. The Balaban J connectivity index is 3.18. The van der Waals surface area contributed by atoms with E-state index in [2.05, 4.69) is 5.32 Å². The molecule has 0 aromatic heterocycles. The van der Waals surface area contributed by atoms with Gasteiger partial charge in [0.15, 0.2) is 0 Å². The number of aliphatic carboxylic acids is 1. The highest BCUT2D eigenvalue weighted by Gasteiger charge is 2.06. The highest BCUT2D eigenvalue weighted by molar-refractivity contribution is 5.72. The molecular weight excluding hydrogens is 218 g/mol. The first-order valence-corrected chi connectivity index (χ1v) is 6.48. The second-order valence-electron chi connectivity index (χ2n) is 4.74. The van der Waals surface area contributed by atoms with Crippen LogP contribution in [-0.4, -0.2) is 23.5 Å². The van der Waals surface area contributed by atoms with Crippen molar-refractivity contribution in [2.45, 2.75) is 58.8 Å². The lowest BCUT2D eigenvalue weighted by atomic mass is 9.99. The maximum absolute atomic E-state index is 10.6. The lowest BCUT2D eigenvalue weighted by molar-refractivity contribution is -0.138. The third-order valence-corrected chi connectivity index (χ3v) is 2.77. The number of carbonyl (C=O) groups is 2. The summed E-state index contributed by atoms with van der Waals surface area (Å²) >= 11 is 0. The maximum atomic E-state index is 10.6. The number of nitrogens with one attached hydrogen (secondary N) is 1. The summed E-state index contributed by atoms with van der Waals surface area (Å²) in [5.74, 6) is -0.382. The fraction of sp³-hybridized carbons (Fsp3) is 0.846. The zero-order valence-corrected chi connectivity index (χ0v) is 11.0. The highest BCUT2D eigenvalue weighted by atomic mass is 16.4. The standard InChI is InChI=1S/C13H25NO3/c1-11(10-13(16)17)8-6-4-3-5-7-9-14-12(2)15/h11H,3-10H2,1-2H3,(H,14,15)(H,16,17). The largest absolute Gasteiger partial charge is 0.481 e. The number of rotatable bonds is 10. The third-order valence-electron chi connectivity index (χ3n) is 2.77. The van der Waals surface area contributed by atoms with Crippen molar-refractivity contribution < 1.29 is 14.7 Å². The molecular formula is C13H25NO3. The molecule has 0 heterocycles. The van der Waals surface area contributed by atoms with E-state index in [9.17, 15) is 9.59 Å². The minimum absolute atomic E-state index is 0.0347. The van der Waals surface area contributed by atoms with Crippen LogP contribution in [0.4, 0.5) is 0 Å². The van der Waals surface area contributed by atoms with E-state index in [-0.39, 0.29) is 18.2 Å². The maximum Gasteiger partial charge on any atom is 0.303 e. The zero-order chi connectivity index (χ0) is 13.1. The topological polar surface area (TPSA) is 66.4 Å². The van der Waals surface area contributed by atoms with Gasteiger partial charge in [-0.25, -0.2) is 0 Å². The zero-order valence-electron chi connectivity index (χ0n) is 11.0. The first-order valence-electron chi connectivity index (χ1n) is 6.48. The van der Waals surface area contributed by atoms with E-state index >= 15 is 0 Å². The van der Waals surface area contributed by atoms with Gasteiger partial charge >= 0.3 is 5.97 Å². The number of carboxylic acids is 1. The van der Waals surface area contributed by atoms with Gasteiger partial charge in [-0.2, -0.15) is 0 Å². The van der Waals surface area contributed by atoms with Gasteiger partial charge in [0, 0.05) is 19.9 Å². The van der Waals surface area contributed by atoms with Gasteiger partial charge in [0.25, 0.3) is 0 Å². The second-order valence-corrected chi connectivity index (χ2v) is 4.74. The quantitative estimate of drug-likeness (QED) is 0.579. The summed E-state index contributed by atoms with van der Waals surface area (Å²) in [6.07, 6.45) is 6.87. The van der Waals surface area contributed by atoms with Crippen molar-refractivity contribution in [2.75, 3.05) is 6.54 Å². The Labute approximate surface area is 104 Å². The van der Waals surface area contributed by atoms with Gasteiger partial charge in [-0.05, 0) is 12.3 Å². The van der Waals surface area contributed by atoms with E-state index in [0.717, 1.165) is 38.6 Å². The summed E-state index contributed by atoms with van der Waals surface area (Å²) in [7, 11) is 0. The molecule has 0 aliphatic heterocycles. The van der Waals surface area contributed by atoms with Crippen molar-refractivity contribution >= 4 is 11.9 Å². The van der Waals surface area contributed by atoms with Crippen molar-refractivity contribution in [2.24, 2.45) is 5.92 Å². The van der Waals surface area contributed by atoms with Crippen LogP contribution >= 0.6 is 0 Å². The summed E-state index contributed by atoms with van der Waals surface area (Å²) in [6.45, 7) is 4.29. The molecule has 0 radical (unpaired) electrons. The minimum atomic E-state index is -0.701. The molecule has 0 aliphatic carbocycles. The van der Waals surface area contributed by atoms with Gasteiger partial charge in [-0.15, -0.1) is 0 Å². The monoisotopic (exact) mass is 243 g/mol. The molecule has 1 amide bonds. The number of hydrogen-bond donors (Lipinski definition) is 2. The van der Waals surface area contributed by atoms with Crippen LogP contribution in [0.25, 0.3) is 0 Å². The molecule has 0 spiro atoms. The van der Waals surface area contributed by atoms with Crippen LogP contribution < -0.4 is 5.32 Å². The lowest BCUT2D eigenvalue weighted by Crippen LogP contribution is -2.20. The molecule has 100 valence electrons. The predicted molar refractivity (Wildman–Crippen MR) is 67.8 cm³/mol. The van der Waals surface area contributed by atoms with Crippen LogP contribution in [0.15, 0.2) is 0 Å². The average Bonchev–Trinajstić information content (AvgIpc) is 2.20. The SMILES string of the molecule is CC(=O)NCCCCCCCC(C)CC(=O)O. The Hall–Kier alpha value is -1.06. The second kappa shape index (κ2) is 10.1. The third kappa shape index (κ3) is 12.9. The van der Waals surface area contributed by atoms with Crippen LogP contribution in [0.5, 0.6) is 0 Å². The summed E-state index contributed by atoms with van der Waals surface area (Å²) in [4.78, 5) is 21.0. The molecule has 0 aromatic carbocycles. The minimum Gasteiger partial charge on any atom is -0.481 e. The Kier molecular flexibility index (Phi) is 9.49. The van der Waals surface area contributed by atoms with Crippen molar-refractivity contribution in [3.8, 4) is 0 Å². The Bertz CT molecular complexity index is 229. The Morgan fingerprint density at radius 2 is 1.71 bits per heavy atom. The van der Waals surface area contributed by atoms with Crippen molar-refractivity contribution in [1.29, 1.82) is 0 Å². The van der Waals surface area contributed by atoms with Crippen LogP contribution in [0, 0.1) is 5.92 Å². The molecule has 1 atom stereocenters. The first kappa shape index (κ1) is 15.9. The fourth-order valence-corrected chi connectivity index (χ4v) is 1.81. The number of carbonyl (C=O) groups excluding carboxylic acids is 1. The number of carboxylic acid groups (broad SMARTS) is 1. The summed E-state index contributed by atoms with van der Waals surface area (Å²) in [5.41, 5.74) is 0.